The molecule has 1 saturated heterocycles. The summed E-state index contributed by atoms with van der Waals surface area (Å²) in [4.78, 5) is 26.7. The van der Waals surface area contributed by atoms with E-state index in [9.17, 15) is 9.59 Å². The molecule has 0 aromatic carbocycles. The minimum absolute atomic E-state index is 0.0161. The first-order valence-corrected chi connectivity index (χ1v) is 10.3. The molecule has 5 aliphatic rings. The normalized spacial score (nSPS) is 37.9. The van der Waals surface area contributed by atoms with Gasteiger partial charge in [0.15, 0.2) is 0 Å². The standard InChI is InChI=1S/C20H32N2O3/c1-2-25-19(24)17-3-5-22(6-4-17)13-18(23)21-20-10-14-7-15(11-20)9-16(8-14)12-20/h14-17H,2-13H2,1H3,(H,21,23). The second-order valence-electron chi connectivity index (χ2n) is 9.05. The fraction of sp³-hybridized carbons (Fsp3) is 0.900. The first-order chi connectivity index (χ1) is 12.0. The van der Waals surface area contributed by atoms with Crippen LogP contribution in [-0.2, 0) is 14.3 Å². The first kappa shape index (κ1) is 17.3. The van der Waals surface area contributed by atoms with Crippen LogP contribution in [-0.4, -0.2) is 48.6 Å². The molecular weight excluding hydrogens is 316 g/mol. The Morgan fingerprint density at radius 3 is 2.12 bits per heavy atom. The third-order valence-corrected chi connectivity index (χ3v) is 7.02. The molecule has 5 rings (SSSR count). The smallest absolute Gasteiger partial charge is 0.309 e. The largest absolute Gasteiger partial charge is 0.466 e. The van der Waals surface area contributed by atoms with E-state index in [0.29, 0.717) is 13.2 Å². The quantitative estimate of drug-likeness (QED) is 0.775. The summed E-state index contributed by atoms with van der Waals surface area (Å²) < 4.78 is 5.12. The highest BCUT2D eigenvalue weighted by atomic mass is 16.5. The molecule has 4 saturated carbocycles. The van der Waals surface area contributed by atoms with Crippen LogP contribution in [0.15, 0.2) is 0 Å². The summed E-state index contributed by atoms with van der Waals surface area (Å²) in [5, 5.41) is 3.45. The van der Waals surface area contributed by atoms with Crippen molar-refractivity contribution in [2.24, 2.45) is 23.7 Å². The summed E-state index contributed by atoms with van der Waals surface area (Å²) in [6.45, 7) is 4.42. The Balaban J connectivity index is 1.26. The Bertz CT molecular complexity index is 490. The van der Waals surface area contributed by atoms with Crippen molar-refractivity contribution in [1.29, 1.82) is 0 Å². The van der Waals surface area contributed by atoms with E-state index < -0.39 is 0 Å². The molecule has 25 heavy (non-hydrogen) atoms. The van der Waals surface area contributed by atoms with Crippen LogP contribution in [0, 0.1) is 23.7 Å². The predicted octanol–water partition coefficient (Wildman–Crippen LogP) is 2.35. The van der Waals surface area contributed by atoms with Gasteiger partial charge in [-0.1, -0.05) is 0 Å². The zero-order chi connectivity index (χ0) is 17.4. The van der Waals surface area contributed by atoms with Gasteiger partial charge >= 0.3 is 5.97 Å². The van der Waals surface area contributed by atoms with Gasteiger partial charge in [-0.3, -0.25) is 14.5 Å². The van der Waals surface area contributed by atoms with E-state index in [4.69, 9.17) is 4.74 Å². The highest BCUT2D eigenvalue weighted by Gasteiger charge is 2.51. The Kier molecular flexibility index (Phi) is 4.78. The molecule has 1 amide bonds. The van der Waals surface area contributed by atoms with E-state index in [-0.39, 0.29) is 23.3 Å². The van der Waals surface area contributed by atoms with Crippen LogP contribution in [0.5, 0.6) is 0 Å². The third-order valence-electron chi connectivity index (χ3n) is 7.02. The van der Waals surface area contributed by atoms with Crippen LogP contribution in [0.1, 0.15) is 58.3 Å². The molecule has 0 aromatic heterocycles. The number of esters is 1. The summed E-state index contributed by atoms with van der Waals surface area (Å²) in [5.74, 6) is 2.70. The molecule has 0 spiro atoms. The van der Waals surface area contributed by atoms with E-state index in [1.54, 1.807) is 0 Å². The summed E-state index contributed by atoms with van der Waals surface area (Å²) in [5.41, 5.74) is 0.106. The van der Waals surface area contributed by atoms with Gasteiger partial charge in [0.1, 0.15) is 0 Å². The number of hydrogen-bond acceptors (Lipinski definition) is 4. The zero-order valence-electron chi connectivity index (χ0n) is 15.5. The zero-order valence-corrected chi connectivity index (χ0v) is 15.5. The van der Waals surface area contributed by atoms with E-state index in [1.807, 2.05) is 6.92 Å². The van der Waals surface area contributed by atoms with Crippen LogP contribution in [0.25, 0.3) is 0 Å². The van der Waals surface area contributed by atoms with Gasteiger partial charge in [0, 0.05) is 5.54 Å². The van der Waals surface area contributed by atoms with Crippen molar-refractivity contribution < 1.29 is 14.3 Å². The number of nitrogens with zero attached hydrogens (tertiary/aromatic N) is 1. The van der Waals surface area contributed by atoms with Gasteiger partial charge in [0.2, 0.25) is 5.91 Å². The predicted molar refractivity (Wildman–Crippen MR) is 94.8 cm³/mol. The molecule has 1 aliphatic heterocycles. The van der Waals surface area contributed by atoms with E-state index in [2.05, 4.69) is 10.2 Å². The molecule has 0 atom stereocenters. The van der Waals surface area contributed by atoms with Gasteiger partial charge in [-0.05, 0) is 89.1 Å². The van der Waals surface area contributed by atoms with Gasteiger partial charge in [-0.2, -0.15) is 0 Å². The number of nitrogens with one attached hydrogen (secondary N) is 1. The summed E-state index contributed by atoms with van der Waals surface area (Å²) in [6.07, 6.45) is 9.43. The lowest BCUT2D eigenvalue weighted by molar-refractivity contribution is -0.149. The van der Waals surface area contributed by atoms with Crippen LogP contribution < -0.4 is 5.32 Å². The van der Waals surface area contributed by atoms with Gasteiger partial charge in [0.05, 0.1) is 19.1 Å². The Labute approximate surface area is 150 Å². The molecule has 5 fully saturated rings. The van der Waals surface area contributed by atoms with Gasteiger partial charge in [0.25, 0.3) is 0 Å². The summed E-state index contributed by atoms with van der Waals surface area (Å²) >= 11 is 0. The van der Waals surface area contributed by atoms with Crippen molar-refractivity contribution in [2.75, 3.05) is 26.2 Å². The lowest BCUT2D eigenvalue weighted by atomic mass is 9.53. The molecule has 5 heteroatoms. The van der Waals surface area contributed by atoms with Crippen molar-refractivity contribution in [3.63, 3.8) is 0 Å². The highest BCUT2D eigenvalue weighted by molar-refractivity contribution is 5.79. The maximum atomic E-state index is 12.7. The molecule has 4 aliphatic carbocycles. The molecule has 4 bridgehead atoms. The number of amides is 1. The average Bonchev–Trinajstić information content (AvgIpc) is 2.53. The molecule has 0 radical (unpaired) electrons. The highest BCUT2D eigenvalue weighted by Crippen LogP contribution is 2.55. The van der Waals surface area contributed by atoms with Gasteiger partial charge < -0.3 is 10.1 Å². The van der Waals surface area contributed by atoms with Crippen molar-refractivity contribution in [2.45, 2.75) is 63.8 Å². The maximum absolute atomic E-state index is 12.7. The lowest BCUT2D eigenvalue weighted by Gasteiger charge is -2.57. The number of carbonyl (C=O) groups excluding carboxylic acids is 2. The number of hydrogen-bond donors (Lipinski definition) is 1. The summed E-state index contributed by atoms with van der Waals surface area (Å²) in [6, 6.07) is 0. The van der Waals surface area contributed by atoms with Crippen LogP contribution >= 0.6 is 0 Å². The fourth-order valence-electron chi connectivity index (χ4n) is 6.39. The SMILES string of the molecule is CCOC(=O)C1CCN(CC(=O)NC23CC4CC(CC(C4)C2)C3)CC1. The second-order valence-corrected chi connectivity index (χ2v) is 9.05. The molecule has 0 unspecified atom stereocenters. The van der Waals surface area contributed by atoms with Crippen LogP contribution in [0.4, 0.5) is 0 Å². The number of likely N-dealkylation sites (tertiary alicyclic amines) is 1. The maximum Gasteiger partial charge on any atom is 0.309 e. The Hall–Kier alpha value is -1.10. The molecule has 5 nitrogen and oxygen atoms in total. The van der Waals surface area contributed by atoms with Crippen molar-refractivity contribution in [3.8, 4) is 0 Å². The first-order valence-electron chi connectivity index (χ1n) is 10.3. The van der Waals surface area contributed by atoms with Crippen molar-refractivity contribution in [3.05, 3.63) is 0 Å². The minimum atomic E-state index is -0.0693. The Morgan fingerprint density at radius 1 is 1.04 bits per heavy atom. The van der Waals surface area contributed by atoms with E-state index in [0.717, 1.165) is 43.7 Å². The summed E-state index contributed by atoms with van der Waals surface area (Å²) in [7, 11) is 0. The van der Waals surface area contributed by atoms with Crippen molar-refractivity contribution >= 4 is 11.9 Å². The number of piperidine rings is 1. The molecule has 1 heterocycles. The monoisotopic (exact) mass is 348 g/mol. The van der Waals surface area contributed by atoms with E-state index >= 15 is 0 Å². The lowest BCUT2D eigenvalue weighted by Crippen LogP contribution is -2.61. The molecular formula is C20H32N2O3. The third kappa shape index (κ3) is 3.71. The molecule has 140 valence electrons. The van der Waals surface area contributed by atoms with Gasteiger partial charge in [-0.15, -0.1) is 0 Å². The minimum Gasteiger partial charge on any atom is -0.466 e. The van der Waals surface area contributed by atoms with Gasteiger partial charge in [-0.25, -0.2) is 0 Å². The molecule has 1 N–H and O–H groups in total. The number of carbonyl (C=O) groups is 2. The molecule has 0 aromatic rings. The van der Waals surface area contributed by atoms with E-state index in [1.165, 1.54) is 38.5 Å². The second kappa shape index (κ2) is 6.90. The van der Waals surface area contributed by atoms with Crippen molar-refractivity contribution in [1.82, 2.24) is 10.2 Å². The number of rotatable bonds is 5. The topological polar surface area (TPSA) is 58.6 Å². The average molecular weight is 348 g/mol. The fourth-order valence-corrected chi connectivity index (χ4v) is 6.39. The number of ether oxygens (including phenoxy) is 1. The van der Waals surface area contributed by atoms with Crippen LogP contribution in [0.3, 0.4) is 0 Å². The van der Waals surface area contributed by atoms with Crippen LogP contribution in [0.2, 0.25) is 0 Å². The Morgan fingerprint density at radius 2 is 1.60 bits per heavy atom.